The van der Waals surface area contributed by atoms with E-state index in [1.807, 2.05) is 0 Å². The lowest BCUT2D eigenvalue weighted by molar-refractivity contribution is -0.704. The molecular weight excluding hydrogens is 422 g/mol. The molecule has 0 saturated heterocycles. The molecule has 204 valence electrons. The van der Waals surface area contributed by atoms with Gasteiger partial charge in [-0.25, -0.2) is 4.57 Å². The Hall–Kier alpha value is -0.850. The number of nitrogens with zero attached hydrogens (tertiary/aromatic N) is 1. The number of aromatic nitrogens is 1. The fourth-order valence-corrected chi connectivity index (χ4v) is 5.40. The SMILES string of the molecule is CCCCCCCCCCCCCCCc1cccc[n+]1CCCCCCCCCCCCCC. The molecule has 1 nitrogen and oxygen atoms in total. The minimum Gasteiger partial charge on any atom is -0.202 e. The van der Waals surface area contributed by atoms with E-state index in [1.54, 1.807) is 5.69 Å². The van der Waals surface area contributed by atoms with Gasteiger partial charge < -0.3 is 0 Å². The molecule has 0 aliphatic heterocycles. The maximum atomic E-state index is 2.54. The summed E-state index contributed by atoms with van der Waals surface area (Å²) in [6.07, 6.45) is 39.4. The van der Waals surface area contributed by atoms with Crippen molar-refractivity contribution in [2.45, 2.75) is 187 Å². The highest BCUT2D eigenvalue weighted by molar-refractivity contribution is 4.97. The Bertz CT molecular complexity index is 537. The smallest absolute Gasteiger partial charge is 0.181 e. The molecule has 0 bridgehead atoms. The molecule has 0 aliphatic carbocycles. The zero-order chi connectivity index (χ0) is 25.1. The largest absolute Gasteiger partial charge is 0.202 e. The Morgan fingerprint density at radius 3 is 1.23 bits per heavy atom. The second kappa shape index (κ2) is 26.2. The van der Waals surface area contributed by atoms with E-state index in [2.05, 4.69) is 42.8 Å². The molecule has 1 heterocycles. The third-order valence-electron chi connectivity index (χ3n) is 7.82. The first kappa shape index (κ1) is 32.2. The summed E-state index contributed by atoms with van der Waals surface area (Å²) in [5.41, 5.74) is 1.55. The summed E-state index contributed by atoms with van der Waals surface area (Å²) in [7, 11) is 0. The third-order valence-corrected chi connectivity index (χ3v) is 7.82. The summed E-state index contributed by atoms with van der Waals surface area (Å²) in [4.78, 5) is 0. The van der Waals surface area contributed by atoms with Crippen molar-refractivity contribution in [3.05, 3.63) is 30.1 Å². The Morgan fingerprint density at radius 1 is 0.429 bits per heavy atom. The van der Waals surface area contributed by atoms with Crippen molar-refractivity contribution >= 4 is 0 Å². The fourth-order valence-electron chi connectivity index (χ4n) is 5.40. The van der Waals surface area contributed by atoms with Gasteiger partial charge in [-0.3, -0.25) is 0 Å². The molecule has 0 N–H and O–H groups in total. The van der Waals surface area contributed by atoms with Crippen LogP contribution in [0, 0.1) is 0 Å². The number of aryl methyl sites for hydroxylation is 2. The van der Waals surface area contributed by atoms with Gasteiger partial charge in [0.1, 0.15) is 6.54 Å². The van der Waals surface area contributed by atoms with E-state index < -0.39 is 0 Å². The van der Waals surface area contributed by atoms with Crippen LogP contribution < -0.4 is 4.57 Å². The highest BCUT2D eigenvalue weighted by atomic mass is 14.9. The zero-order valence-electron chi connectivity index (χ0n) is 24.3. The zero-order valence-corrected chi connectivity index (χ0v) is 24.3. The second-order valence-electron chi connectivity index (χ2n) is 11.3. The van der Waals surface area contributed by atoms with Crippen molar-refractivity contribution < 1.29 is 4.57 Å². The minimum absolute atomic E-state index is 1.21. The lowest BCUT2D eigenvalue weighted by Crippen LogP contribution is -2.37. The van der Waals surface area contributed by atoms with Crippen molar-refractivity contribution in [3.8, 4) is 0 Å². The van der Waals surface area contributed by atoms with Crippen LogP contribution in [0.5, 0.6) is 0 Å². The van der Waals surface area contributed by atoms with E-state index in [0.717, 1.165) is 0 Å². The van der Waals surface area contributed by atoms with Gasteiger partial charge in [0.05, 0.1) is 0 Å². The monoisotopic (exact) mass is 487 g/mol. The molecule has 0 unspecified atom stereocenters. The maximum absolute atomic E-state index is 2.54. The predicted octanol–water partition coefficient (Wildman–Crippen LogP) is 11.3. The van der Waals surface area contributed by atoms with Gasteiger partial charge in [-0.15, -0.1) is 0 Å². The summed E-state index contributed by atoms with van der Waals surface area (Å²) in [5, 5.41) is 0. The van der Waals surface area contributed by atoms with Gasteiger partial charge in [-0.2, -0.15) is 0 Å². The van der Waals surface area contributed by atoms with Crippen LogP contribution in [0.15, 0.2) is 24.4 Å². The molecule has 0 fully saturated rings. The third kappa shape index (κ3) is 21.0. The van der Waals surface area contributed by atoms with Crippen LogP contribution in [0.2, 0.25) is 0 Å². The van der Waals surface area contributed by atoms with Crippen molar-refractivity contribution in [2.24, 2.45) is 0 Å². The molecule has 1 aromatic rings. The van der Waals surface area contributed by atoms with Crippen LogP contribution in [0.4, 0.5) is 0 Å². The van der Waals surface area contributed by atoms with E-state index in [9.17, 15) is 0 Å². The first-order chi connectivity index (χ1) is 17.4. The molecule has 1 aromatic heterocycles. The highest BCUT2D eigenvalue weighted by Crippen LogP contribution is 2.14. The van der Waals surface area contributed by atoms with Gasteiger partial charge >= 0.3 is 0 Å². The molecule has 35 heavy (non-hydrogen) atoms. The molecule has 1 rings (SSSR count). The van der Waals surface area contributed by atoms with E-state index >= 15 is 0 Å². The molecule has 0 saturated carbocycles. The average Bonchev–Trinajstić information content (AvgIpc) is 2.88. The fraction of sp³-hybridized carbons (Fsp3) is 0.853. The van der Waals surface area contributed by atoms with Gasteiger partial charge in [-0.05, 0) is 12.8 Å². The van der Waals surface area contributed by atoms with Gasteiger partial charge in [0.2, 0.25) is 0 Å². The van der Waals surface area contributed by atoms with Gasteiger partial charge in [-0.1, -0.05) is 161 Å². The quantitative estimate of drug-likeness (QED) is 0.0859. The summed E-state index contributed by atoms with van der Waals surface area (Å²) in [5.74, 6) is 0. The first-order valence-corrected chi connectivity index (χ1v) is 16.4. The van der Waals surface area contributed by atoms with Gasteiger partial charge in [0.25, 0.3) is 0 Å². The lowest BCUT2D eigenvalue weighted by atomic mass is 10.0. The van der Waals surface area contributed by atoms with E-state index in [-0.39, 0.29) is 0 Å². The van der Waals surface area contributed by atoms with E-state index in [0.29, 0.717) is 0 Å². The van der Waals surface area contributed by atoms with Crippen LogP contribution in [0.25, 0.3) is 0 Å². The van der Waals surface area contributed by atoms with Crippen LogP contribution in [-0.2, 0) is 13.0 Å². The van der Waals surface area contributed by atoms with Gasteiger partial charge in [0, 0.05) is 25.0 Å². The van der Waals surface area contributed by atoms with E-state index in [4.69, 9.17) is 0 Å². The predicted molar refractivity (Wildman–Crippen MR) is 157 cm³/mol. The highest BCUT2D eigenvalue weighted by Gasteiger charge is 2.08. The minimum atomic E-state index is 1.21. The number of hydrogen-bond acceptors (Lipinski definition) is 0. The molecule has 0 atom stereocenters. The number of hydrogen-bond donors (Lipinski definition) is 0. The molecule has 0 spiro atoms. The topological polar surface area (TPSA) is 3.88 Å². The van der Waals surface area contributed by atoms with Crippen molar-refractivity contribution in [1.29, 1.82) is 0 Å². The van der Waals surface area contributed by atoms with Crippen LogP contribution >= 0.6 is 0 Å². The Balaban J connectivity index is 1.95. The normalized spacial score (nSPS) is 11.4. The van der Waals surface area contributed by atoms with Crippen molar-refractivity contribution in [2.75, 3.05) is 0 Å². The van der Waals surface area contributed by atoms with Crippen molar-refractivity contribution in [3.63, 3.8) is 0 Å². The van der Waals surface area contributed by atoms with Crippen molar-refractivity contribution in [1.82, 2.24) is 0 Å². The summed E-state index contributed by atoms with van der Waals surface area (Å²) >= 11 is 0. The summed E-state index contributed by atoms with van der Waals surface area (Å²) in [6, 6.07) is 6.81. The van der Waals surface area contributed by atoms with Crippen LogP contribution in [-0.4, -0.2) is 0 Å². The maximum Gasteiger partial charge on any atom is 0.181 e. The van der Waals surface area contributed by atoms with E-state index in [1.165, 1.54) is 173 Å². The molecule has 0 radical (unpaired) electrons. The Labute approximate surface area is 221 Å². The molecule has 0 aromatic carbocycles. The first-order valence-electron chi connectivity index (χ1n) is 16.4. The number of rotatable bonds is 27. The van der Waals surface area contributed by atoms with Crippen LogP contribution in [0.3, 0.4) is 0 Å². The molecular formula is C34H64N+. The average molecular weight is 487 g/mol. The molecule has 0 aliphatic rings. The Morgan fingerprint density at radius 2 is 0.800 bits per heavy atom. The molecule has 1 heteroatoms. The molecule has 0 amide bonds. The second-order valence-corrected chi connectivity index (χ2v) is 11.3. The lowest BCUT2D eigenvalue weighted by Gasteiger charge is -2.05. The number of unbranched alkanes of at least 4 members (excludes halogenated alkanes) is 23. The summed E-state index contributed by atoms with van der Waals surface area (Å²) in [6.45, 7) is 5.82. The summed E-state index contributed by atoms with van der Waals surface area (Å²) < 4.78 is 2.54. The Kier molecular flexibility index (Phi) is 24.1. The van der Waals surface area contributed by atoms with Gasteiger partial charge in [0.15, 0.2) is 11.9 Å². The standard InChI is InChI=1S/C34H64N/c1-3-5-7-9-11-13-15-17-18-20-22-24-26-30-34-31-27-29-33-35(34)32-28-25-23-21-19-16-14-12-10-8-6-4-2/h27,29,31,33H,3-26,28,30,32H2,1-2H3/q+1. The van der Waals surface area contributed by atoms with Crippen LogP contribution in [0.1, 0.15) is 180 Å². The number of pyridine rings is 1.